The van der Waals surface area contributed by atoms with Crippen molar-refractivity contribution in [2.75, 3.05) is 26.3 Å². The van der Waals surface area contributed by atoms with Crippen LogP contribution in [0.25, 0.3) is 22.4 Å². The van der Waals surface area contributed by atoms with Crippen molar-refractivity contribution in [1.82, 2.24) is 24.2 Å². The van der Waals surface area contributed by atoms with Crippen LogP contribution in [0.4, 0.5) is 0 Å². The predicted octanol–water partition coefficient (Wildman–Crippen LogP) is 2.58. The summed E-state index contributed by atoms with van der Waals surface area (Å²) in [5.74, 6) is 1.22. The van der Waals surface area contributed by atoms with Crippen LogP contribution in [0.5, 0.6) is 0 Å². The lowest BCUT2D eigenvalue weighted by Gasteiger charge is -2.31. The van der Waals surface area contributed by atoms with E-state index in [2.05, 4.69) is 15.2 Å². The second-order valence-electron chi connectivity index (χ2n) is 8.28. The summed E-state index contributed by atoms with van der Waals surface area (Å²) >= 11 is 0. The van der Waals surface area contributed by atoms with Gasteiger partial charge in [0.2, 0.25) is 10.0 Å². The molecule has 2 aliphatic rings. The monoisotopic (exact) mass is 431 g/mol. The van der Waals surface area contributed by atoms with Crippen molar-refractivity contribution in [2.45, 2.75) is 43.9 Å². The highest BCUT2D eigenvalue weighted by Crippen LogP contribution is 2.31. The Bertz CT molecular complexity index is 1160. The number of benzene rings is 1. The Morgan fingerprint density at radius 2 is 1.93 bits per heavy atom. The van der Waals surface area contributed by atoms with Gasteiger partial charge in [-0.15, -0.1) is 0 Å². The molecule has 0 N–H and O–H groups in total. The fourth-order valence-corrected chi connectivity index (χ4v) is 5.33. The topological polar surface area (TPSA) is 103 Å². The molecule has 4 heterocycles. The summed E-state index contributed by atoms with van der Waals surface area (Å²) in [5, 5.41) is 9.34. The number of ether oxygens (including phenoxy) is 1. The molecule has 2 aliphatic heterocycles. The van der Waals surface area contributed by atoms with Crippen molar-refractivity contribution >= 4 is 20.9 Å². The molecule has 9 nitrogen and oxygen atoms in total. The second kappa shape index (κ2) is 7.44. The first-order valence-electron chi connectivity index (χ1n) is 10.3. The zero-order valence-electron chi connectivity index (χ0n) is 17.1. The maximum atomic E-state index is 12.4. The lowest BCUT2D eigenvalue weighted by molar-refractivity contribution is -0.0266. The molecule has 0 atom stereocenters. The van der Waals surface area contributed by atoms with Gasteiger partial charge in [-0.1, -0.05) is 11.2 Å². The Hall–Kier alpha value is -2.30. The molecular weight excluding hydrogens is 406 g/mol. The molecule has 0 unspecified atom stereocenters. The Morgan fingerprint density at radius 3 is 2.60 bits per heavy atom. The first-order chi connectivity index (χ1) is 14.4. The van der Waals surface area contributed by atoms with Gasteiger partial charge in [0.1, 0.15) is 0 Å². The molecule has 0 radical (unpaired) electrons. The zero-order chi connectivity index (χ0) is 20.9. The number of piperidine rings is 1. The van der Waals surface area contributed by atoms with E-state index in [1.807, 2.05) is 29.1 Å². The first kappa shape index (κ1) is 19.7. The average Bonchev–Trinajstić information content (AvgIpc) is 3.34. The van der Waals surface area contributed by atoms with Crippen molar-refractivity contribution in [3.63, 3.8) is 0 Å². The largest absolute Gasteiger partial charge is 0.377 e. The molecule has 0 aliphatic carbocycles. The van der Waals surface area contributed by atoms with E-state index in [4.69, 9.17) is 9.26 Å². The Balaban J connectivity index is 1.34. The lowest BCUT2D eigenvalue weighted by atomic mass is 9.97. The molecule has 160 valence electrons. The van der Waals surface area contributed by atoms with Gasteiger partial charge in [-0.3, -0.25) is 4.68 Å². The third-order valence-electron chi connectivity index (χ3n) is 6.03. The number of fused-ring (bicyclic) bond motifs is 1. The third kappa shape index (κ3) is 3.32. The van der Waals surface area contributed by atoms with Crippen LogP contribution in [0, 0.1) is 0 Å². The van der Waals surface area contributed by atoms with E-state index in [0.29, 0.717) is 50.9 Å². The average molecular weight is 432 g/mol. The van der Waals surface area contributed by atoms with Crippen LogP contribution in [-0.4, -0.2) is 64.2 Å². The van der Waals surface area contributed by atoms with Gasteiger partial charge in [0.15, 0.2) is 5.82 Å². The van der Waals surface area contributed by atoms with E-state index in [9.17, 15) is 8.42 Å². The van der Waals surface area contributed by atoms with Gasteiger partial charge in [-0.05, 0) is 38.8 Å². The van der Waals surface area contributed by atoms with Crippen LogP contribution < -0.4 is 0 Å². The smallest absolute Gasteiger partial charge is 0.258 e. The van der Waals surface area contributed by atoms with Crippen LogP contribution >= 0.6 is 0 Å². The van der Waals surface area contributed by atoms with E-state index in [1.54, 1.807) is 18.2 Å². The van der Waals surface area contributed by atoms with Gasteiger partial charge in [-0.2, -0.15) is 10.1 Å². The molecule has 1 aromatic carbocycles. The molecule has 30 heavy (non-hydrogen) atoms. The van der Waals surface area contributed by atoms with Crippen LogP contribution in [0.3, 0.4) is 0 Å². The summed E-state index contributed by atoms with van der Waals surface area (Å²) in [5.41, 5.74) is 1.87. The summed E-state index contributed by atoms with van der Waals surface area (Å²) in [6.45, 7) is 5.77. The molecule has 0 spiro atoms. The highest BCUT2D eigenvalue weighted by atomic mass is 32.2. The maximum Gasteiger partial charge on any atom is 0.258 e. The van der Waals surface area contributed by atoms with Crippen LogP contribution in [0.2, 0.25) is 0 Å². The minimum Gasteiger partial charge on any atom is -0.377 e. The van der Waals surface area contributed by atoms with Crippen LogP contribution in [0.15, 0.2) is 28.9 Å². The summed E-state index contributed by atoms with van der Waals surface area (Å²) in [6, 6.07) is 6.26. The highest BCUT2D eigenvalue weighted by Gasteiger charge is 2.32. The van der Waals surface area contributed by atoms with E-state index in [0.717, 1.165) is 16.5 Å². The van der Waals surface area contributed by atoms with Gasteiger partial charge in [0.25, 0.3) is 5.89 Å². The van der Waals surface area contributed by atoms with Crippen molar-refractivity contribution in [3.8, 4) is 11.5 Å². The zero-order valence-corrected chi connectivity index (χ0v) is 17.9. The highest BCUT2D eigenvalue weighted by molar-refractivity contribution is 7.89. The molecule has 3 aromatic rings. The molecule has 10 heteroatoms. The Labute approximate surface area is 175 Å². The molecule has 0 saturated carbocycles. The summed E-state index contributed by atoms with van der Waals surface area (Å²) in [4.78, 5) is 4.63. The molecular formula is C20H25N5O4S. The summed E-state index contributed by atoms with van der Waals surface area (Å²) in [7, 11) is -3.22. The Morgan fingerprint density at radius 1 is 1.17 bits per heavy atom. The van der Waals surface area contributed by atoms with Gasteiger partial charge < -0.3 is 9.26 Å². The number of rotatable bonds is 5. The van der Waals surface area contributed by atoms with E-state index < -0.39 is 15.3 Å². The van der Waals surface area contributed by atoms with Gasteiger partial charge in [0, 0.05) is 30.0 Å². The SMILES string of the molecule is CC(C)S(=O)(=O)N1CCC(c2noc(-c3ccc4cnn(C5COC5)c4c3)n2)CC1. The number of sulfonamides is 1. The number of hydrogen-bond donors (Lipinski definition) is 0. The molecule has 5 rings (SSSR count). The standard InChI is InChI=1S/C20H25N5O4S/c1-13(2)30(26,27)24-7-5-14(6-8-24)19-22-20(29-23-19)15-3-4-16-10-21-25(18(16)9-15)17-11-28-12-17/h3-4,9-10,13-14,17H,5-8,11-12H2,1-2H3. The van der Waals surface area contributed by atoms with Gasteiger partial charge >= 0.3 is 0 Å². The molecule has 2 saturated heterocycles. The van der Waals surface area contributed by atoms with Crippen LogP contribution in [0.1, 0.15) is 44.5 Å². The van der Waals surface area contributed by atoms with Crippen LogP contribution in [-0.2, 0) is 14.8 Å². The van der Waals surface area contributed by atoms with E-state index >= 15 is 0 Å². The minimum atomic E-state index is -3.22. The molecule has 2 fully saturated rings. The minimum absolute atomic E-state index is 0.0995. The van der Waals surface area contributed by atoms with Gasteiger partial charge in [0.05, 0.1) is 36.2 Å². The maximum absolute atomic E-state index is 12.4. The third-order valence-corrected chi connectivity index (χ3v) is 8.30. The molecule has 0 bridgehead atoms. The van der Waals surface area contributed by atoms with Crippen molar-refractivity contribution in [1.29, 1.82) is 0 Å². The van der Waals surface area contributed by atoms with Crippen molar-refractivity contribution < 1.29 is 17.7 Å². The fourth-order valence-electron chi connectivity index (χ4n) is 4.01. The van der Waals surface area contributed by atoms with Crippen molar-refractivity contribution in [2.24, 2.45) is 0 Å². The van der Waals surface area contributed by atoms with E-state index in [1.165, 1.54) is 0 Å². The Kier molecular flexibility index (Phi) is 4.87. The molecule has 2 aromatic heterocycles. The van der Waals surface area contributed by atoms with Crippen molar-refractivity contribution in [3.05, 3.63) is 30.2 Å². The van der Waals surface area contributed by atoms with Gasteiger partial charge in [-0.25, -0.2) is 12.7 Å². The summed E-state index contributed by atoms with van der Waals surface area (Å²) in [6.07, 6.45) is 3.24. The summed E-state index contributed by atoms with van der Waals surface area (Å²) < 4.78 is 39.1. The first-order valence-corrected chi connectivity index (χ1v) is 11.8. The van der Waals surface area contributed by atoms with E-state index in [-0.39, 0.29) is 12.0 Å². The fraction of sp³-hybridized carbons (Fsp3) is 0.550. The second-order valence-corrected chi connectivity index (χ2v) is 10.8. The molecule has 0 amide bonds. The normalized spacial score (nSPS) is 19.6. The number of aromatic nitrogens is 4. The lowest BCUT2D eigenvalue weighted by Crippen LogP contribution is -2.41. The number of hydrogen-bond acceptors (Lipinski definition) is 7. The predicted molar refractivity (Wildman–Crippen MR) is 110 cm³/mol. The quantitative estimate of drug-likeness (QED) is 0.611. The number of nitrogens with zero attached hydrogens (tertiary/aromatic N) is 5.